The van der Waals surface area contributed by atoms with Crippen LogP contribution < -0.4 is 15.1 Å². The summed E-state index contributed by atoms with van der Waals surface area (Å²) in [4.78, 5) is 19.8. The van der Waals surface area contributed by atoms with E-state index in [0.717, 1.165) is 38.5 Å². The number of thioether (sulfide) groups is 1. The van der Waals surface area contributed by atoms with Crippen molar-refractivity contribution in [1.82, 2.24) is 10.4 Å². The van der Waals surface area contributed by atoms with Crippen LogP contribution >= 0.6 is 11.8 Å². The van der Waals surface area contributed by atoms with Gasteiger partial charge in [0.05, 0.1) is 19.1 Å². The van der Waals surface area contributed by atoms with Gasteiger partial charge in [0.2, 0.25) is 5.91 Å². The SMILES string of the molecule is COc1cccc2c(SCC(=O)N/N=C\c3ccc(N(C)C)cc3)cc(C)nc12. The number of pyridine rings is 1. The van der Waals surface area contributed by atoms with Crippen molar-refractivity contribution in [2.24, 2.45) is 5.10 Å². The largest absolute Gasteiger partial charge is 0.494 e. The zero-order valence-corrected chi connectivity index (χ0v) is 17.8. The molecular formula is C22H24N4O2S. The highest BCUT2D eigenvalue weighted by Gasteiger charge is 2.10. The van der Waals surface area contributed by atoms with Crippen LogP contribution in [0.3, 0.4) is 0 Å². The smallest absolute Gasteiger partial charge is 0.250 e. The van der Waals surface area contributed by atoms with E-state index in [9.17, 15) is 4.79 Å². The molecule has 150 valence electrons. The number of para-hydroxylation sites is 1. The molecule has 0 atom stereocenters. The lowest BCUT2D eigenvalue weighted by molar-refractivity contribution is -0.118. The maximum Gasteiger partial charge on any atom is 0.250 e. The molecule has 0 spiro atoms. The van der Waals surface area contributed by atoms with Gasteiger partial charge in [0, 0.05) is 35.8 Å². The third-order valence-corrected chi connectivity index (χ3v) is 5.34. The maximum atomic E-state index is 12.2. The summed E-state index contributed by atoms with van der Waals surface area (Å²) >= 11 is 1.46. The van der Waals surface area contributed by atoms with Crippen molar-refractivity contribution < 1.29 is 9.53 Å². The number of anilines is 1. The first-order chi connectivity index (χ1) is 14.0. The van der Waals surface area contributed by atoms with E-state index in [-0.39, 0.29) is 11.7 Å². The van der Waals surface area contributed by atoms with Gasteiger partial charge in [-0.1, -0.05) is 24.3 Å². The number of nitrogens with zero attached hydrogens (tertiary/aromatic N) is 3. The molecule has 0 aliphatic heterocycles. The summed E-state index contributed by atoms with van der Waals surface area (Å²) in [6.07, 6.45) is 1.64. The first kappa shape index (κ1) is 20.7. The summed E-state index contributed by atoms with van der Waals surface area (Å²) in [5, 5.41) is 5.02. The Kier molecular flexibility index (Phi) is 6.72. The lowest BCUT2D eigenvalue weighted by Crippen LogP contribution is -2.19. The average molecular weight is 409 g/mol. The number of aromatic nitrogens is 1. The fourth-order valence-corrected chi connectivity index (χ4v) is 3.73. The minimum Gasteiger partial charge on any atom is -0.494 e. The summed E-state index contributed by atoms with van der Waals surface area (Å²) in [6.45, 7) is 1.93. The number of nitrogens with one attached hydrogen (secondary N) is 1. The Morgan fingerprint density at radius 1 is 1.24 bits per heavy atom. The molecule has 0 saturated heterocycles. The van der Waals surface area contributed by atoms with Gasteiger partial charge in [-0.25, -0.2) is 10.4 Å². The van der Waals surface area contributed by atoms with Gasteiger partial charge in [0.1, 0.15) is 11.3 Å². The molecule has 7 heteroatoms. The molecule has 1 heterocycles. The molecule has 3 rings (SSSR count). The number of hydrogen-bond acceptors (Lipinski definition) is 6. The Labute approximate surface area is 175 Å². The number of hydrazone groups is 1. The van der Waals surface area contributed by atoms with Crippen molar-refractivity contribution in [2.75, 3.05) is 31.9 Å². The third kappa shape index (κ3) is 5.26. The summed E-state index contributed by atoms with van der Waals surface area (Å²) in [7, 11) is 5.61. The molecule has 0 aliphatic rings. The number of amides is 1. The number of carbonyl (C=O) groups is 1. The zero-order valence-electron chi connectivity index (χ0n) is 17.0. The summed E-state index contributed by atoms with van der Waals surface area (Å²) in [5.74, 6) is 0.816. The summed E-state index contributed by atoms with van der Waals surface area (Å²) < 4.78 is 5.41. The fourth-order valence-electron chi connectivity index (χ4n) is 2.81. The van der Waals surface area contributed by atoms with E-state index in [2.05, 4.69) is 15.5 Å². The van der Waals surface area contributed by atoms with Crippen LogP contribution in [0.5, 0.6) is 5.75 Å². The molecule has 0 fully saturated rings. The number of hydrogen-bond donors (Lipinski definition) is 1. The van der Waals surface area contributed by atoms with Crippen LogP contribution in [0.2, 0.25) is 0 Å². The van der Waals surface area contributed by atoms with Crippen LogP contribution in [-0.4, -0.2) is 44.1 Å². The summed E-state index contributed by atoms with van der Waals surface area (Å²) in [6, 6.07) is 15.7. The monoisotopic (exact) mass is 408 g/mol. The van der Waals surface area contributed by atoms with E-state index in [1.807, 2.05) is 74.4 Å². The van der Waals surface area contributed by atoms with Gasteiger partial charge in [-0.15, -0.1) is 11.8 Å². The number of fused-ring (bicyclic) bond motifs is 1. The number of benzene rings is 2. The molecule has 29 heavy (non-hydrogen) atoms. The molecule has 0 saturated carbocycles. The first-order valence-electron chi connectivity index (χ1n) is 9.14. The minimum atomic E-state index is -0.165. The van der Waals surface area contributed by atoms with Crippen molar-refractivity contribution in [3.8, 4) is 5.75 Å². The number of carbonyl (C=O) groups excluding carboxylic acids is 1. The van der Waals surface area contributed by atoms with E-state index in [0.29, 0.717) is 0 Å². The molecule has 6 nitrogen and oxygen atoms in total. The topological polar surface area (TPSA) is 66.8 Å². The quantitative estimate of drug-likeness (QED) is 0.365. The van der Waals surface area contributed by atoms with Gasteiger partial charge >= 0.3 is 0 Å². The van der Waals surface area contributed by atoms with Crippen molar-refractivity contribution in [2.45, 2.75) is 11.8 Å². The van der Waals surface area contributed by atoms with Gasteiger partial charge in [0.25, 0.3) is 0 Å². The Hall–Kier alpha value is -3.06. The Morgan fingerprint density at radius 3 is 2.69 bits per heavy atom. The van der Waals surface area contributed by atoms with Crippen LogP contribution in [0.4, 0.5) is 5.69 Å². The predicted molar refractivity (Wildman–Crippen MR) is 120 cm³/mol. The lowest BCUT2D eigenvalue weighted by atomic mass is 10.2. The van der Waals surface area contributed by atoms with Crippen molar-refractivity contribution >= 4 is 40.5 Å². The van der Waals surface area contributed by atoms with Gasteiger partial charge in [0.15, 0.2) is 0 Å². The van der Waals surface area contributed by atoms with Crippen molar-refractivity contribution in [3.05, 3.63) is 59.8 Å². The highest BCUT2D eigenvalue weighted by Crippen LogP contribution is 2.32. The van der Waals surface area contributed by atoms with Crippen molar-refractivity contribution in [3.63, 3.8) is 0 Å². The minimum absolute atomic E-state index is 0.165. The highest BCUT2D eigenvalue weighted by atomic mass is 32.2. The number of methoxy groups -OCH3 is 1. The molecule has 0 unspecified atom stereocenters. The molecule has 0 bridgehead atoms. The fraction of sp³-hybridized carbons (Fsp3) is 0.227. The van der Waals surface area contributed by atoms with Gasteiger partial charge in [-0.2, -0.15) is 5.10 Å². The average Bonchev–Trinajstić information content (AvgIpc) is 2.72. The number of rotatable bonds is 7. The summed E-state index contributed by atoms with van der Waals surface area (Å²) in [5.41, 5.74) is 6.30. The molecule has 0 radical (unpaired) electrons. The van der Waals surface area contributed by atoms with Gasteiger partial charge in [-0.05, 0) is 36.8 Å². The van der Waals surface area contributed by atoms with Gasteiger partial charge < -0.3 is 9.64 Å². The maximum absolute atomic E-state index is 12.2. The zero-order chi connectivity index (χ0) is 20.8. The number of aryl methyl sites for hydroxylation is 1. The van der Waals surface area contributed by atoms with Crippen LogP contribution in [0, 0.1) is 6.92 Å². The molecule has 0 aliphatic carbocycles. The third-order valence-electron chi connectivity index (χ3n) is 4.28. The molecule has 2 aromatic carbocycles. The molecule has 3 aromatic rings. The van der Waals surface area contributed by atoms with Crippen LogP contribution in [0.1, 0.15) is 11.3 Å². The molecule has 1 amide bonds. The molecular weight excluding hydrogens is 384 g/mol. The lowest BCUT2D eigenvalue weighted by Gasteiger charge is -2.11. The Bertz CT molecular complexity index is 1030. The van der Waals surface area contributed by atoms with Crippen molar-refractivity contribution in [1.29, 1.82) is 0 Å². The van der Waals surface area contributed by atoms with Crippen LogP contribution in [0.25, 0.3) is 10.9 Å². The van der Waals surface area contributed by atoms with E-state index < -0.39 is 0 Å². The van der Waals surface area contributed by atoms with E-state index in [4.69, 9.17) is 4.74 Å². The number of ether oxygens (including phenoxy) is 1. The standard InChI is InChI=1S/C22H24N4O2S/c1-15-12-20(18-6-5-7-19(28-4)22(18)24-15)29-14-21(27)25-23-13-16-8-10-17(11-9-16)26(2)3/h5-13H,14H2,1-4H3,(H,25,27)/b23-13-. The Balaban J connectivity index is 1.62. The Morgan fingerprint density at radius 2 is 2.00 bits per heavy atom. The molecule has 1 aromatic heterocycles. The first-order valence-corrected chi connectivity index (χ1v) is 10.1. The van der Waals surface area contributed by atoms with Crippen LogP contribution in [-0.2, 0) is 4.79 Å². The highest BCUT2D eigenvalue weighted by molar-refractivity contribution is 8.00. The van der Waals surface area contributed by atoms with Gasteiger partial charge in [-0.3, -0.25) is 4.79 Å². The van der Waals surface area contributed by atoms with E-state index in [1.54, 1.807) is 13.3 Å². The van der Waals surface area contributed by atoms with E-state index in [1.165, 1.54) is 11.8 Å². The second kappa shape index (κ2) is 9.43. The normalized spacial score (nSPS) is 11.0. The predicted octanol–water partition coefficient (Wildman–Crippen LogP) is 3.86. The molecule has 1 N–H and O–H groups in total. The van der Waals surface area contributed by atoms with E-state index >= 15 is 0 Å². The second-order valence-corrected chi connectivity index (χ2v) is 7.70. The van der Waals surface area contributed by atoms with Crippen LogP contribution in [0.15, 0.2) is 58.5 Å². The second-order valence-electron chi connectivity index (χ2n) is 6.69.